The number of urea groups is 1. The second kappa shape index (κ2) is 8.87. The zero-order chi connectivity index (χ0) is 21.0. The molecule has 2 aromatic rings. The van der Waals surface area contributed by atoms with Crippen LogP contribution in [0.1, 0.15) is 11.1 Å². The molecule has 1 N–H and O–H groups in total. The number of halogens is 2. The van der Waals surface area contributed by atoms with Gasteiger partial charge in [0.25, 0.3) is 5.91 Å². The molecule has 1 saturated heterocycles. The van der Waals surface area contributed by atoms with E-state index in [-0.39, 0.29) is 18.1 Å². The first-order valence-electron chi connectivity index (χ1n) is 8.45. The lowest BCUT2D eigenvalue weighted by atomic mass is 10.2. The third-order valence-corrected chi connectivity index (χ3v) is 4.65. The van der Waals surface area contributed by atoms with Crippen molar-refractivity contribution in [1.29, 1.82) is 0 Å². The highest BCUT2D eigenvalue weighted by Gasteiger charge is 2.35. The van der Waals surface area contributed by atoms with Crippen LogP contribution in [0.25, 0.3) is 6.08 Å². The van der Waals surface area contributed by atoms with Crippen LogP contribution in [0.3, 0.4) is 0 Å². The first-order chi connectivity index (χ1) is 13.9. The van der Waals surface area contributed by atoms with Crippen molar-refractivity contribution in [3.63, 3.8) is 0 Å². The molecule has 1 aliphatic rings. The van der Waals surface area contributed by atoms with Crippen molar-refractivity contribution in [2.45, 2.75) is 6.61 Å². The summed E-state index contributed by atoms with van der Waals surface area (Å²) in [7, 11) is 1.17. The van der Waals surface area contributed by atoms with Crippen molar-refractivity contribution in [2.75, 3.05) is 13.7 Å². The molecule has 0 atom stereocenters. The summed E-state index contributed by atoms with van der Waals surface area (Å²) in [6, 6.07) is 10.5. The molecule has 0 radical (unpaired) electrons. The van der Waals surface area contributed by atoms with E-state index in [4.69, 9.17) is 4.74 Å². The lowest BCUT2D eigenvalue weighted by molar-refractivity contribution is -0.143. The topological polar surface area (TPSA) is 84.9 Å². The quantitative estimate of drug-likeness (QED) is 0.404. The number of carbonyl (C=O) groups is 3. The van der Waals surface area contributed by atoms with Crippen LogP contribution in [0.2, 0.25) is 0 Å². The van der Waals surface area contributed by atoms with Gasteiger partial charge in [0.2, 0.25) is 0 Å². The molecule has 0 aromatic heterocycles. The van der Waals surface area contributed by atoms with Gasteiger partial charge in [-0.25, -0.2) is 14.1 Å². The maximum atomic E-state index is 13.2. The average molecular weight is 463 g/mol. The molecule has 3 rings (SSSR count). The Balaban J connectivity index is 1.70. The fourth-order valence-electron chi connectivity index (χ4n) is 2.59. The van der Waals surface area contributed by atoms with E-state index in [0.717, 1.165) is 4.90 Å². The van der Waals surface area contributed by atoms with Gasteiger partial charge in [-0.2, -0.15) is 0 Å². The van der Waals surface area contributed by atoms with Crippen molar-refractivity contribution in [1.82, 2.24) is 10.2 Å². The predicted molar refractivity (Wildman–Crippen MR) is 105 cm³/mol. The van der Waals surface area contributed by atoms with Crippen LogP contribution in [0.5, 0.6) is 5.75 Å². The number of nitrogens with one attached hydrogen (secondary N) is 1. The minimum absolute atomic E-state index is 0.0410. The summed E-state index contributed by atoms with van der Waals surface area (Å²) in [5.74, 6) is -1.12. The Morgan fingerprint density at radius 1 is 1.24 bits per heavy atom. The largest absolute Gasteiger partial charge is 0.488 e. The van der Waals surface area contributed by atoms with Crippen molar-refractivity contribution >= 4 is 39.9 Å². The van der Waals surface area contributed by atoms with Crippen LogP contribution in [0.4, 0.5) is 9.18 Å². The standard InChI is InChI=1S/C20H16BrFN2O5/c1-28-18(25)10-24-19(26)16(23-20(24)27)9-12-5-6-17(15(21)8-12)29-11-13-3-2-4-14(22)7-13/h2-9H,10-11H2,1H3,(H,23,27)/b16-9+. The van der Waals surface area contributed by atoms with Gasteiger partial charge in [0, 0.05) is 0 Å². The smallest absolute Gasteiger partial charge is 0.329 e. The van der Waals surface area contributed by atoms with Crippen LogP contribution in [0, 0.1) is 5.82 Å². The van der Waals surface area contributed by atoms with Gasteiger partial charge in [-0.15, -0.1) is 0 Å². The lowest BCUT2D eigenvalue weighted by Crippen LogP contribution is -2.36. The molecule has 0 unspecified atom stereocenters. The SMILES string of the molecule is COC(=O)CN1C(=O)N/C(=C/c2ccc(OCc3cccc(F)c3)c(Br)c2)C1=O. The van der Waals surface area contributed by atoms with E-state index >= 15 is 0 Å². The van der Waals surface area contributed by atoms with Crippen molar-refractivity contribution in [2.24, 2.45) is 0 Å². The highest BCUT2D eigenvalue weighted by molar-refractivity contribution is 9.10. The molecule has 2 aromatic carbocycles. The summed E-state index contributed by atoms with van der Waals surface area (Å²) in [4.78, 5) is 36.3. The number of imide groups is 1. The maximum Gasteiger partial charge on any atom is 0.329 e. The fraction of sp³-hybridized carbons (Fsp3) is 0.150. The summed E-state index contributed by atoms with van der Waals surface area (Å²) in [5, 5.41) is 2.43. The van der Waals surface area contributed by atoms with E-state index < -0.39 is 24.5 Å². The second-order valence-corrected chi connectivity index (χ2v) is 6.92. The number of methoxy groups -OCH3 is 1. The lowest BCUT2D eigenvalue weighted by Gasteiger charge is -2.09. The molecule has 150 valence electrons. The number of benzene rings is 2. The molecule has 1 heterocycles. The summed E-state index contributed by atoms with van der Waals surface area (Å²) in [6.07, 6.45) is 1.48. The minimum Gasteiger partial charge on any atom is -0.488 e. The summed E-state index contributed by atoms with van der Waals surface area (Å²) in [6.45, 7) is -0.275. The highest BCUT2D eigenvalue weighted by Crippen LogP contribution is 2.28. The van der Waals surface area contributed by atoms with E-state index in [1.165, 1.54) is 25.3 Å². The van der Waals surface area contributed by atoms with Gasteiger partial charge >= 0.3 is 12.0 Å². The molecule has 3 amide bonds. The first-order valence-corrected chi connectivity index (χ1v) is 9.25. The Bertz CT molecular complexity index is 1010. The maximum absolute atomic E-state index is 13.2. The molecule has 0 saturated carbocycles. The Morgan fingerprint density at radius 3 is 2.72 bits per heavy atom. The van der Waals surface area contributed by atoms with E-state index in [1.54, 1.807) is 30.3 Å². The van der Waals surface area contributed by atoms with E-state index in [0.29, 0.717) is 21.3 Å². The molecule has 0 spiro atoms. The Labute approximate surface area is 174 Å². The van der Waals surface area contributed by atoms with Crippen LogP contribution in [0.15, 0.2) is 52.6 Å². The van der Waals surface area contributed by atoms with Gasteiger partial charge in [-0.05, 0) is 57.4 Å². The monoisotopic (exact) mass is 462 g/mol. The van der Waals surface area contributed by atoms with E-state index in [9.17, 15) is 18.8 Å². The molecule has 1 aliphatic heterocycles. The van der Waals surface area contributed by atoms with Gasteiger partial charge in [-0.1, -0.05) is 18.2 Å². The summed E-state index contributed by atoms with van der Waals surface area (Å²) < 4.78 is 24.0. The molecule has 7 nitrogen and oxygen atoms in total. The Morgan fingerprint density at radius 2 is 2.03 bits per heavy atom. The van der Waals surface area contributed by atoms with Gasteiger partial charge in [0.05, 0.1) is 11.6 Å². The number of rotatable bonds is 6. The van der Waals surface area contributed by atoms with Crippen LogP contribution >= 0.6 is 15.9 Å². The number of nitrogens with zero attached hydrogens (tertiary/aromatic N) is 1. The highest BCUT2D eigenvalue weighted by atomic mass is 79.9. The number of ether oxygens (including phenoxy) is 2. The Kier molecular flexibility index (Phi) is 6.28. The average Bonchev–Trinajstić information content (AvgIpc) is 2.94. The number of hydrogen-bond donors (Lipinski definition) is 1. The minimum atomic E-state index is -0.697. The Hall–Kier alpha value is -3.20. The number of esters is 1. The molecule has 29 heavy (non-hydrogen) atoms. The van der Waals surface area contributed by atoms with Gasteiger partial charge in [-0.3, -0.25) is 9.59 Å². The van der Waals surface area contributed by atoms with Gasteiger partial charge in [0.1, 0.15) is 30.4 Å². The zero-order valence-corrected chi connectivity index (χ0v) is 16.9. The zero-order valence-electron chi connectivity index (χ0n) is 15.3. The van der Waals surface area contributed by atoms with Gasteiger partial charge < -0.3 is 14.8 Å². The number of amides is 3. The summed E-state index contributed by atoms with van der Waals surface area (Å²) in [5.41, 5.74) is 1.35. The third-order valence-electron chi connectivity index (χ3n) is 4.03. The molecule has 0 bridgehead atoms. The molecule has 1 fully saturated rings. The normalized spacial score (nSPS) is 14.9. The molecular formula is C20H16BrFN2O5. The van der Waals surface area contributed by atoms with Gasteiger partial charge in [0.15, 0.2) is 0 Å². The second-order valence-electron chi connectivity index (χ2n) is 6.06. The summed E-state index contributed by atoms with van der Waals surface area (Å²) >= 11 is 3.39. The van der Waals surface area contributed by atoms with Crippen LogP contribution in [-0.4, -0.2) is 36.5 Å². The van der Waals surface area contributed by atoms with E-state index in [1.807, 2.05) is 0 Å². The molecular weight excluding hydrogens is 447 g/mol. The van der Waals surface area contributed by atoms with Crippen LogP contribution in [-0.2, 0) is 20.9 Å². The van der Waals surface area contributed by atoms with Crippen LogP contribution < -0.4 is 10.1 Å². The van der Waals surface area contributed by atoms with Crippen molar-refractivity contribution in [3.05, 3.63) is 69.6 Å². The number of carbonyl (C=O) groups excluding carboxylic acids is 3. The molecule has 0 aliphatic carbocycles. The third kappa shape index (κ3) is 5.00. The van der Waals surface area contributed by atoms with Crippen molar-refractivity contribution in [3.8, 4) is 5.75 Å². The first kappa shape index (κ1) is 20.5. The van der Waals surface area contributed by atoms with E-state index in [2.05, 4.69) is 26.0 Å². The molecule has 9 heteroatoms. The predicted octanol–water partition coefficient (Wildman–Crippen LogP) is 3.23. The number of hydrogen-bond acceptors (Lipinski definition) is 5. The van der Waals surface area contributed by atoms with Crippen molar-refractivity contribution < 1.29 is 28.2 Å². The fourth-order valence-corrected chi connectivity index (χ4v) is 3.10.